The predicted molar refractivity (Wildman–Crippen MR) is 22.4 cm³/mol. The lowest BCUT2D eigenvalue weighted by Crippen LogP contribution is -2.20. The summed E-state index contributed by atoms with van der Waals surface area (Å²) >= 11 is 0. The van der Waals surface area contributed by atoms with Crippen molar-refractivity contribution in [1.82, 2.24) is 5.16 Å². The SMILES string of the molecule is O=C(O)c1c[n+]([O-])on1. The first kappa shape index (κ1) is 5.54. The molecule has 0 aliphatic heterocycles. The summed E-state index contributed by atoms with van der Waals surface area (Å²) < 4.78 is 3.86. The van der Waals surface area contributed by atoms with Crippen LogP contribution in [-0.4, -0.2) is 16.2 Å². The van der Waals surface area contributed by atoms with Crippen LogP contribution in [0.2, 0.25) is 0 Å². The molecule has 0 fully saturated rings. The number of aromatic nitrogens is 2. The van der Waals surface area contributed by atoms with Crippen molar-refractivity contribution in [2.75, 3.05) is 0 Å². The highest BCUT2D eigenvalue weighted by atomic mass is 16.8. The monoisotopic (exact) mass is 130 g/mol. The van der Waals surface area contributed by atoms with Gasteiger partial charge in [-0.3, -0.25) is 4.63 Å². The third-order valence-electron chi connectivity index (χ3n) is 0.666. The molecule has 6 nitrogen and oxygen atoms in total. The van der Waals surface area contributed by atoms with Gasteiger partial charge in [0.05, 0.1) is 5.16 Å². The molecule has 0 bridgehead atoms. The highest BCUT2D eigenvalue weighted by molar-refractivity contribution is 5.84. The average molecular weight is 130 g/mol. The van der Waals surface area contributed by atoms with Crippen molar-refractivity contribution in [2.24, 2.45) is 0 Å². The van der Waals surface area contributed by atoms with Crippen molar-refractivity contribution in [3.8, 4) is 0 Å². The van der Waals surface area contributed by atoms with E-state index in [1.807, 2.05) is 0 Å². The van der Waals surface area contributed by atoms with Crippen molar-refractivity contribution in [2.45, 2.75) is 0 Å². The summed E-state index contributed by atoms with van der Waals surface area (Å²) in [7, 11) is 0. The zero-order chi connectivity index (χ0) is 6.85. The van der Waals surface area contributed by atoms with E-state index < -0.39 is 11.7 Å². The maximum Gasteiger partial charge on any atom is 0.386 e. The van der Waals surface area contributed by atoms with Crippen molar-refractivity contribution in [1.29, 1.82) is 0 Å². The van der Waals surface area contributed by atoms with Gasteiger partial charge < -0.3 is 10.3 Å². The molecule has 0 spiro atoms. The van der Waals surface area contributed by atoms with Crippen LogP contribution in [0.15, 0.2) is 10.8 Å². The van der Waals surface area contributed by atoms with Gasteiger partial charge in [-0.05, 0) is 4.90 Å². The first-order valence-electron chi connectivity index (χ1n) is 2.00. The number of carboxylic acid groups (broad SMARTS) is 1. The van der Waals surface area contributed by atoms with Crippen LogP contribution in [-0.2, 0) is 0 Å². The van der Waals surface area contributed by atoms with Gasteiger partial charge in [0.1, 0.15) is 0 Å². The predicted octanol–water partition coefficient (Wildman–Crippen LogP) is -0.994. The first-order valence-corrected chi connectivity index (χ1v) is 2.00. The second kappa shape index (κ2) is 1.73. The molecule has 1 rings (SSSR count). The summed E-state index contributed by atoms with van der Waals surface area (Å²) in [6.45, 7) is 0. The van der Waals surface area contributed by atoms with Crippen molar-refractivity contribution in [3.63, 3.8) is 0 Å². The fourth-order valence-electron chi connectivity index (χ4n) is 0.325. The molecule has 0 saturated heterocycles. The Morgan fingerprint density at radius 3 is 2.89 bits per heavy atom. The first-order chi connectivity index (χ1) is 4.20. The largest absolute Gasteiger partial charge is 0.475 e. The molecule has 1 heterocycles. The third-order valence-corrected chi connectivity index (χ3v) is 0.666. The van der Waals surface area contributed by atoms with Gasteiger partial charge in [-0.15, -0.1) is 0 Å². The van der Waals surface area contributed by atoms with Crippen LogP contribution in [0.5, 0.6) is 0 Å². The van der Waals surface area contributed by atoms with Gasteiger partial charge in [-0.1, -0.05) is 0 Å². The standard InChI is InChI=1S/C3H2N2O4/c6-3(7)2-1-5(8)9-4-2/h1H,(H,6,7). The molecule has 0 aromatic carbocycles. The zero-order valence-electron chi connectivity index (χ0n) is 4.14. The highest BCUT2D eigenvalue weighted by Crippen LogP contribution is 1.85. The van der Waals surface area contributed by atoms with E-state index in [2.05, 4.69) is 9.79 Å². The van der Waals surface area contributed by atoms with Crippen LogP contribution < -0.4 is 4.90 Å². The maximum atomic E-state index is 10.0. The zero-order valence-corrected chi connectivity index (χ0v) is 4.14. The summed E-state index contributed by atoms with van der Waals surface area (Å²) in [5, 5.41) is 21.0. The van der Waals surface area contributed by atoms with Gasteiger partial charge in [-0.25, -0.2) is 4.79 Å². The van der Waals surface area contributed by atoms with E-state index in [9.17, 15) is 10.0 Å². The van der Waals surface area contributed by atoms with Crippen LogP contribution in [0, 0.1) is 5.21 Å². The Hall–Kier alpha value is -1.59. The molecule has 0 amide bonds. The Kier molecular flexibility index (Phi) is 1.07. The van der Waals surface area contributed by atoms with Gasteiger partial charge in [0, 0.05) is 0 Å². The van der Waals surface area contributed by atoms with Gasteiger partial charge in [0.25, 0.3) is 0 Å². The number of carbonyl (C=O) groups is 1. The van der Waals surface area contributed by atoms with E-state index in [1.165, 1.54) is 0 Å². The average Bonchev–Trinajstić information content (AvgIpc) is 2.14. The van der Waals surface area contributed by atoms with Crippen LogP contribution in [0.3, 0.4) is 0 Å². The molecule has 9 heavy (non-hydrogen) atoms. The van der Waals surface area contributed by atoms with Gasteiger partial charge in [0.15, 0.2) is 6.20 Å². The molecule has 48 valence electrons. The second-order valence-corrected chi connectivity index (χ2v) is 1.28. The maximum absolute atomic E-state index is 10.0. The Morgan fingerprint density at radius 1 is 2.00 bits per heavy atom. The summed E-state index contributed by atoms with van der Waals surface area (Å²) in [6.07, 6.45) is 0.725. The minimum Gasteiger partial charge on any atom is -0.475 e. The summed E-state index contributed by atoms with van der Waals surface area (Å²) in [6, 6.07) is 0. The van der Waals surface area contributed by atoms with Crippen molar-refractivity contribution in [3.05, 3.63) is 17.1 Å². The number of nitrogens with zero attached hydrogens (tertiary/aromatic N) is 2. The molecule has 0 radical (unpaired) electrons. The summed E-state index contributed by atoms with van der Waals surface area (Å²) in [5.74, 6) is -1.28. The van der Waals surface area contributed by atoms with E-state index in [1.54, 1.807) is 0 Å². The molecule has 1 N–H and O–H groups in total. The number of aromatic carboxylic acids is 1. The van der Waals surface area contributed by atoms with E-state index >= 15 is 0 Å². The van der Waals surface area contributed by atoms with E-state index in [0.29, 0.717) is 0 Å². The molecule has 1 aromatic rings. The third kappa shape index (κ3) is 0.958. The Morgan fingerprint density at radius 2 is 2.67 bits per heavy atom. The molecule has 0 atom stereocenters. The minimum atomic E-state index is -1.28. The highest BCUT2D eigenvalue weighted by Gasteiger charge is 2.13. The number of carboxylic acids is 1. The van der Waals surface area contributed by atoms with Crippen LogP contribution in [0.25, 0.3) is 0 Å². The quantitative estimate of drug-likeness (QED) is 0.492. The molecule has 6 heteroatoms. The molecule has 0 aliphatic rings. The molecule has 0 unspecified atom stereocenters. The fraction of sp³-hybridized carbons (Fsp3) is 0. The normalized spacial score (nSPS) is 9.33. The second-order valence-electron chi connectivity index (χ2n) is 1.28. The molecular formula is C3H2N2O4. The van der Waals surface area contributed by atoms with Crippen molar-refractivity contribution < 1.29 is 19.4 Å². The van der Waals surface area contributed by atoms with Crippen LogP contribution >= 0.6 is 0 Å². The Labute approximate surface area is 48.8 Å². The summed E-state index contributed by atoms with van der Waals surface area (Å²) in [4.78, 5) is 9.90. The van der Waals surface area contributed by atoms with Crippen LogP contribution in [0.4, 0.5) is 0 Å². The smallest absolute Gasteiger partial charge is 0.386 e. The van der Waals surface area contributed by atoms with Gasteiger partial charge in [0.2, 0.25) is 0 Å². The Balaban J connectivity index is 2.98. The lowest BCUT2D eigenvalue weighted by atomic mass is 10.5. The van der Waals surface area contributed by atoms with Crippen molar-refractivity contribution >= 4 is 5.97 Å². The number of hydrogen-bond acceptors (Lipinski definition) is 4. The van der Waals surface area contributed by atoms with E-state index in [-0.39, 0.29) is 4.90 Å². The summed E-state index contributed by atoms with van der Waals surface area (Å²) in [5.41, 5.74) is -0.398. The van der Waals surface area contributed by atoms with Gasteiger partial charge >= 0.3 is 11.7 Å². The minimum absolute atomic E-state index is 0.0382. The van der Waals surface area contributed by atoms with Gasteiger partial charge in [-0.2, -0.15) is 0 Å². The van der Waals surface area contributed by atoms with E-state index in [4.69, 9.17) is 5.11 Å². The number of hydrogen-bond donors (Lipinski definition) is 1. The molecular weight excluding hydrogens is 128 g/mol. The molecule has 0 aliphatic carbocycles. The lowest BCUT2D eigenvalue weighted by molar-refractivity contribution is -0.802. The molecule has 0 saturated carbocycles. The van der Waals surface area contributed by atoms with Crippen LogP contribution in [0.1, 0.15) is 10.5 Å². The number of rotatable bonds is 1. The van der Waals surface area contributed by atoms with E-state index in [0.717, 1.165) is 6.20 Å². The topological polar surface area (TPSA) is 90.3 Å². The molecule has 1 aromatic heterocycles. The fourth-order valence-corrected chi connectivity index (χ4v) is 0.325. The Bertz CT molecular complexity index is 229. The lowest BCUT2D eigenvalue weighted by Gasteiger charge is -1.74.